The zero-order chi connectivity index (χ0) is 10.5. The minimum atomic E-state index is -0.431. The number of hydrogen-bond donors (Lipinski definition) is 1. The third-order valence-electron chi connectivity index (χ3n) is 1.36. The summed E-state index contributed by atoms with van der Waals surface area (Å²) < 4.78 is 5.13. The average molecular weight is 185 g/mol. The summed E-state index contributed by atoms with van der Waals surface area (Å²) in [5, 5.41) is 2.95. The van der Waals surface area contributed by atoms with Crippen LogP contribution < -0.4 is 5.32 Å². The van der Waals surface area contributed by atoms with Gasteiger partial charge in [0.2, 0.25) is 0 Å². The van der Waals surface area contributed by atoms with Crippen LogP contribution in [0.2, 0.25) is 0 Å². The lowest BCUT2D eigenvalue weighted by atomic mass is 10.1. The molecule has 0 aliphatic rings. The Morgan fingerprint density at radius 2 is 2.00 bits per heavy atom. The van der Waals surface area contributed by atoms with E-state index in [1.165, 1.54) is 0 Å². The van der Waals surface area contributed by atoms with Crippen molar-refractivity contribution in [1.29, 1.82) is 0 Å². The van der Waals surface area contributed by atoms with Gasteiger partial charge in [0.1, 0.15) is 5.60 Å². The first-order valence-electron chi connectivity index (χ1n) is 4.42. The Morgan fingerprint density at radius 3 is 2.38 bits per heavy atom. The summed E-state index contributed by atoms with van der Waals surface area (Å²) in [6.45, 7) is 9.94. The predicted molar refractivity (Wildman–Crippen MR) is 53.5 cm³/mol. The van der Waals surface area contributed by atoms with E-state index in [0.29, 0.717) is 12.0 Å². The summed E-state index contributed by atoms with van der Waals surface area (Å²) in [4.78, 5) is 11.3. The molecule has 3 heteroatoms. The van der Waals surface area contributed by atoms with Crippen LogP contribution in [0.3, 0.4) is 0 Å². The number of hydrogen-bond acceptors (Lipinski definition) is 3. The number of carbonyl (C=O) groups is 1. The lowest BCUT2D eigenvalue weighted by Crippen LogP contribution is -2.25. The van der Waals surface area contributed by atoms with Crippen molar-refractivity contribution in [1.82, 2.24) is 5.32 Å². The summed E-state index contributed by atoms with van der Waals surface area (Å²) in [6, 6.07) is 0. The molecule has 0 aromatic carbocycles. The van der Waals surface area contributed by atoms with Crippen LogP contribution in [-0.4, -0.2) is 25.2 Å². The van der Waals surface area contributed by atoms with Crippen molar-refractivity contribution >= 4 is 5.97 Å². The highest BCUT2D eigenvalue weighted by atomic mass is 16.6. The molecule has 0 aliphatic heterocycles. The normalized spacial score (nSPS) is 11.1. The van der Waals surface area contributed by atoms with E-state index in [-0.39, 0.29) is 5.97 Å². The monoisotopic (exact) mass is 185 g/mol. The molecule has 0 amide bonds. The molecule has 0 aliphatic carbocycles. The molecular weight excluding hydrogens is 166 g/mol. The SMILES string of the molecule is C=C(CCNC)C(=O)OC(C)(C)C. The molecule has 0 fully saturated rings. The van der Waals surface area contributed by atoms with Crippen LogP contribution in [0.15, 0.2) is 12.2 Å². The summed E-state index contributed by atoms with van der Waals surface area (Å²) in [6.07, 6.45) is 0.630. The lowest BCUT2D eigenvalue weighted by Gasteiger charge is -2.20. The van der Waals surface area contributed by atoms with E-state index in [0.717, 1.165) is 6.54 Å². The summed E-state index contributed by atoms with van der Waals surface area (Å²) in [5.74, 6) is -0.303. The Bertz CT molecular complexity index is 192. The molecule has 0 bridgehead atoms. The van der Waals surface area contributed by atoms with E-state index in [4.69, 9.17) is 4.74 Å². The minimum Gasteiger partial charge on any atom is -0.457 e. The molecule has 1 N–H and O–H groups in total. The van der Waals surface area contributed by atoms with Crippen molar-refractivity contribution in [3.05, 3.63) is 12.2 Å². The van der Waals surface area contributed by atoms with Gasteiger partial charge in [0.15, 0.2) is 0 Å². The van der Waals surface area contributed by atoms with Gasteiger partial charge in [-0.2, -0.15) is 0 Å². The predicted octanol–water partition coefficient (Wildman–Crippen LogP) is 1.49. The minimum absolute atomic E-state index is 0.303. The van der Waals surface area contributed by atoms with E-state index in [9.17, 15) is 4.79 Å². The molecule has 0 unspecified atom stereocenters. The van der Waals surface area contributed by atoms with Crippen molar-refractivity contribution in [2.24, 2.45) is 0 Å². The maximum atomic E-state index is 11.3. The Balaban J connectivity index is 3.91. The first kappa shape index (κ1) is 12.2. The number of carbonyl (C=O) groups excluding carboxylic acids is 1. The topological polar surface area (TPSA) is 38.3 Å². The molecule has 0 spiro atoms. The Labute approximate surface area is 80.2 Å². The van der Waals surface area contributed by atoms with Crippen LogP contribution in [0.1, 0.15) is 27.2 Å². The van der Waals surface area contributed by atoms with Gasteiger partial charge in [-0.25, -0.2) is 4.79 Å². The fraction of sp³-hybridized carbons (Fsp3) is 0.700. The van der Waals surface area contributed by atoms with Gasteiger partial charge in [-0.1, -0.05) is 6.58 Å². The first-order valence-corrected chi connectivity index (χ1v) is 4.42. The summed E-state index contributed by atoms with van der Waals surface area (Å²) >= 11 is 0. The molecule has 0 aromatic rings. The van der Waals surface area contributed by atoms with Gasteiger partial charge in [0.25, 0.3) is 0 Å². The van der Waals surface area contributed by atoms with E-state index in [2.05, 4.69) is 11.9 Å². The van der Waals surface area contributed by atoms with Crippen LogP contribution in [-0.2, 0) is 9.53 Å². The maximum absolute atomic E-state index is 11.3. The second kappa shape index (κ2) is 5.02. The zero-order valence-electron chi connectivity index (χ0n) is 8.94. The molecular formula is C10H19NO2. The van der Waals surface area contributed by atoms with E-state index in [1.807, 2.05) is 27.8 Å². The van der Waals surface area contributed by atoms with Crippen LogP contribution in [0.25, 0.3) is 0 Å². The second-order valence-electron chi connectivity index (χ2n) is 3.96. The molecule has 0 saturated heterocycles. The van der Waals surface area contributed by atoms with Gasteiger partial charge in [-0.3, -0.25) is 0 Å². The maximum Gasteiger partial charge on any atom is 0.333 e. The molecule has 0 aromatic heterocycles. The number of rotatable bonds is 4. The average Bonchev–Trinajstić information content (AvgIpc) is 1.96. The molecule has 0 saturated carbocycles. The Kier molecular flexibility index (Phi) is 4.70. The van der Waals surface area contributed by atoms with Gasteiger partial charge in [0.05, 0.1) is 0 Å². The summed E-state index contributed by atoms with van der Waals surface area (Å²) in [5.41, 5.74) is 0.0870. The number of nitrogens with one attached hydrogen (secondary N) is 1. The highest BCUT2D eigenvalue weighted by Gasteiger charge is 2.17. The lowest BCUT2D eigenvalue weighted by molar-refractivity contribution is -0.150. The molecule has 0 atom stereocenters. The fourth-order valence-corrected chi connectivity index (χ4v) is 0.728. The second-order valence-corrected chi connectivity index (χ2v) is 3.96. The third-order valence-corrected chi connectivity index (χ3v) is 1.36. The van der Waals surface area contributed by atoms with Gasteiger partial charge in [-0.15, -0.1) is 0 Å². The quantitative estimate of drug-likeness (QED) is 0.532. The van der Waals surface area contributed by atoms with Crippen molar-refractivity contribution in [2.45, 2.75) is 32.8 Å². The van der Waals surface area contributed by atoms with E-state index in [1.54, 1.807) is 0 Å². The van der Waals surface area contributed by atoms with Crippen LogP contribution in [0, 0.1) is 0 Å². The van der Waals surface area contributed by atoms with Crippen LogP contribution in [0.5, 0.6) is 0 Å². The standard InChI is InChI=1S/C10H19NO2/c1-8(6-7-11-5)9(12)13-10(2,3)4/h11H,1,6-7H2,2-5H3. The fourth-order valence-electron chi connectivity index (χ4n) is 0.728. The Morgan fingerprint density at radius 1 is 1.46 bits per heavy atom. The highest BCUT2D eigenvalue weighted by Crippen LogP contribution is 2.11. The highest BCUT2D eigenvalue weighted by molar-refractivity contribution is 5.87. The van der Waals surface area contributed by atoms with Crippen molar-refractivity contribution in [3.8, 4) is 0 Å². The smallest absolute Gasteiger partial charge is 0.333 e. The third kappa shape index (κ3) is 6.34. The van der Waals surface area contributed by atoms with Gasteiger partial charge >= 0.3 is 5.97 Å². The summed E-state index contributed by atoms with van der Waals surface area (Å²) in [7, 11) is 1.84. The molecule has 3 nitrogen and oxygen atoms in total. The van der Waals surface area contributed by atoms with Crippen molar-refractivity contribution in [3.63, 3.8) is 0 Å². The van der Waals surface area contributed by atoms with Gasteiger partial charge in [-0.05, 0) is 40.8 Å². The Hall–Kier alpha value is -0.830. The van der Waals surface area contributed by atoms with E-state index < -0.39 is 5.60 Å². The molecule has 0 rings (SSSR count). The first-order chi connectivity index (χ1) is 5.87. The molecule has 76 valence electrons. The molecule has 0 heterocycles. The van der Waals surface area contributed by atoms with Crippen molar-refractivity contribution in [2.75, 3.05) is 13.6 Å². The van der Waals surface area contributed by atoms with Crippen LogP contribution >= 0.6 is 0 Å². The van der Waals surface area contributed by atoms with Gasteiger partial charge < -0.3 is 10.1 Å². The number of esters is 1. The zero-order valence-corrected chi connectivity index (χ0v) is 8.94. The van der Waals surface area contributed by atoms with Crippen molar-refractivity contribution < 1.29 is 9.53 Å². The molecule has 0 radical (unpaired) electrons. The van der Waals surface area contributed by atoms with Gasteiger partial charge in [0, 0.05) is 5.57 Å². The number of ether oxygens (including phenoxy) is 1. The van der Waals surface area contributed by atoms with Crippen LogP contribution in [0.4, 0.5) is 0 Å². The van der Waals surface area contributed by atoms with E-state index >= 15 is 0 Å². The molecule has 13 heavy (non-hydrogen) atoms. The largest absolute Gasteiger partial charge is 0.457 e.